The highest BCUT2D eigenvalue weighted by atomic mass is 16.5. The molecule has 0 bridgehead atoms. The molecule has 1 aliphatic rings. The predicted molar refractivity (Wildman–Crippen MR) is 101 cm³/mol. The van der Waals surface area contributed by atoms with Crippen LogP contribution < -0.4 is 0 Å². The Hall–Kier alpha value is -2.18. The molecule has 0 aliphatic carbocycles. The van der Waals surface area contributed by atoms with Crippen LogP contribution in [0.2, 0.25) is 0 Å². The molecule has 6 heteroatoms. The average molecular weight is 356 g/mol. The number of hydrogen-bond donors (Lipinski definition) is 0. The van der Waals surface area contributed by atoms with Crippen molar-refractivity contribution in [3.8, 4) is 0 Å². The maximum absolute atomic E-state index is 12.2. The summed E-state index contributed by atoms with van der Waals surface area (Å²) in [6, 6.07) is 10.4. The number of carbonyl (C=O) groups is 1. The van der Waals surface area contributed by atoms with Crippen molar-refractivity contribution in [3.63, 3.8) is 0 Å². The minimum atomic E-state index is 0.0668. The van der Waals surface area contributed by atoms with Crippen molar-refractivity contribution in [1.29, 1.82) is 0 Å². The molecule has 1 aromatic carbocycles. The van der Waals surface area contributed by atoms with Gasteiger partial charge in [-0.05, 0) is 19.4 Å². The van der Waals surface area contributed by atoms with E-state index in [9.17, 15) is 4.79 Å². The Labute approximate surface area is 155 Å². The molecule has 1 amide bonds. The van der Waals surface area contributed by atoms with E-state index in [1.165, 1.54) is 11.1 Å². The van der Waals surface area contributed by atoms with Gasteiger partial charge in [0.05, 0.1) is 38.0 Å². The van der Waals surface area contributed by atoms with Crippen LogP contribution in [0, 0.1) is 13.8 Å². The Balaban J connectivity index is 1.85. The number of morpholine rings is 1. The van der Waals surface area contributed by atoms with Gasteiger partial charge in [0.1, 0.15) is 0 Å². The monoisotopic (exact) mass is 356 g/mol. The van der Waals surface area contributed by atoms with Crippen LogP contribution in [0.3, 0.4) is 0 Å². The summed E-state index contributed by atoms with van der Waals surface area (Å²) < 4.78 is 7.80. The number of aryl methyl sites for hydroxylation is 1. The summed E-state index contributed by atoms with van der Waals surface area (Å²) in [5.74, 6) is 0.115. The van der Waals surface area contributed by atoms with Crippen molar-refractivity contribution >= 4 is 5.91 Å². The van der Waals surface area contributed by atoms with Gasteiger partial charge in [-0.1, -0.05) is 30.3 Å². The summed E-state index contributed by atoms with van der Waals surface area (Å²) >= 11 is 0. The lowest BCUT2D eigenvalue weighted by atomic mass is 10.0. The number of hydrogen-bond acceptors (Lipinski definition) is 4. The number of aromatic nitrogens is 2. The number of ether oxygens (including phenoxy) is 1. The molecule has 2 aromatic rings. The summed E-state index contributed by atoms with van der Waals surface area (Å²) in [6.45, 7) is 7.32. The zero-order valence-electron chi connectivity index (χ0n) is 16.1. The Kier molecular flexibility index (Phi) is 5.74. The van der Waals surface area contributed by atoms with Gasteiger partial charge < -0.3 is 9.64 Å². The first-order valence-electron chi connectivity index (χ1n) is 9.07. The molecule has 2 heterocycles. The molecule has 1 atom stereocenters. The van der Waals surface area contributed by atoms with Crippen molar-refractivity contribution in [2.75, 3.05) is 40.4 Å². The maximum atomic E-state index is 12.2. The van der Waals surface area contributed by atoms with Gasteiger partial charge in [-0.25, -0.2) is 0 Å². The lowest BCUT2D eigenvalue weighted by Crippen LogP contribution is -2.45. The molecule has 6 nitrogen and oxygen atoms in total. The number of rotatable bonds is 5. The van der Waals surface area contributed by atoms with E-state index in [-0.39, 0.29) is 11.9 Å². The molecule has 0 spiro atoms. The molecular weight excluding hydrogens is 328 g/mol. The first-order valence-corrected chi connectivity index (χ1v) is 9.07. The summed E-state index contributed by atoms with van der Waals surface area (Å²) in [4.78, 5) is 16.1. The fourth-order valence-corrected chi connectivity index (χ4v) is 3.51. The quantitative estimate of drug-likeness (QED) is 0.822. The van der Waals surface area contributed by atoms with Crippen molar-refractivity contribution in [3.05, 3.63) is 52.8 Å². The largest absolute Gasteiger partial charge is 0.378 e. The Morgan fingerprint density at radius 3 is 2.69 bits per heavy atom. The summed E-state index contributed by atoms with van der Waals surface area (Å²) in [6.07, 6.45) is 0. The third-order valence-corrected chi connectivity index (χ3v) is 5.02. The summed E-state index contributed by atoms with van der Waals surface area (Å²) in [5.41, 5.74) is 4.57. The third-order valence-electron chi connectivity index (χ3n) is 5.02. The molecule has 3 rings (SSSR count). The second-order valence-electron chi connectivity index (χ2n) is 7.08. The highest BCUT2D eigenvalue weighted by Crippen LogP contribution is 2.29. The topological polar surface area (TPSA) is 50.6 Å². The van der Waals surface area contributed by atoms with E-state index < -0.39 is 0 Å². The normalized spacial score (nSPS) is 18.1. The molecule has 0 unspecified atom stereocenters. The van der Waals surface area contributed by atoms with Crippen LogP contribution in [0.25, 0.3) is 0 Å². The fraction of sp³-hybridized carbons (Fsp3) is 0.500. The second-order valence-corrected chi connectivity index (χ2v) is 7.08. The zero-order valence-corrected chi connectivity index (χ0v) is 16.1. The van der Waals surface area contributed by atoms with Gasteiger partial charge in [-0.2, -0.15) is 5.10 Å². The van der Waals surface area contributed by atoms with Crippen molar-refractivity contribution < 1.29 is 9.53 Å². The number of amides is 1. The van der Waals surface area contributed by atoms with Gasteiger partial charge in [0, 0.05) is 31.9 Å². The van der Waals surface area contributed by atoms with Crippen LogP contribution in [0.5, 0.6) is 0 Å². The minimum Gasteiger partial charge on any atom is -0.378 e. The first-order chi connectivity index (χ1) is 12.5. The zero-order chi connectivity index (χ0) is 18.7. The maximum Gasteiger partial charge on any atom is 0.236 e. The molecule has 0 N–H and O–H groups in total. The van der Waals surface area contributed by atoms with Gasteiger partial charge in [0.2, 0.25) is 5.91 Å². The van der Waals surface area contributed by atoms with E-state index in [1.54, 1.807) is 19.0 Å². The van der Waals surface area contributed by atoms with Crippen LogP contribution in [0.1, 0.15) is 28.6 Å². The minimum absolute atomic E-state index is 0.0668. The predicted octanol–water partition coefficient (Wildman–Crippen LogP) is 2.01. The lowest BCUT2D eigenvalue weighted by molar-refractivity contribution is -0.132. The standard InChI is InChI=1S/C20H28N4O2/c1-15-20(16(2)24(21-15)12-17-8-6-5-7-9-17)18-14-26-11-10-23(18)13-19(25)22(3)4/h5-9,18H,10-14H2,1-4H3/t18-/m0/s1. The van der Waals surface area contributed by atoms with Crippen LogP contribution >= 0.6 is 0 Å². The summed E-state index contributed by atoms with van der Waals surface area (Å²) in [5, 5.41) is 4.77. The van der Waals surface area contributed by atoms with E-state index in [0.29, 0.717) is 19.8 Å². The Bertz CT molecular complexity index is 755. The van der Waals surface area contributed by atoms with Crippen molar-refractivity contribution in [2.45, 2.75) is 26.4 Å². The molecule has 0 radical (unpaired) electrons. The summed E-state index contributed by atoms with van der Waals surface area (Å²) in [7, 11) is 3.60. The Morgan fingerprint density at radius 1 is 1.27 bits per heavy atom. The number of likely N-dealkylation sites (N-methyl/N-ethyl adjacent to an activating group) is 1. The second kappa shape index (κ2) is 8.01. The fourth-order valence-electron chi connectivity index (χ4n) is 3.51. The number of benzene rings is 1. The van der Waals surface area contributed by atoms with Crippen LogP contribution in [0.15, 0.2) is 30.3 Å². The number of nitrogens with zero attached hydrogens (tertiary/aromatic N) is 4. The first kappa shape index (κ1) is 18.6. The molecule has 1 saturated heterocycles. The third kappa shape index (κ3) is 3.97. The van der Waals surface area contributed by atoms with Crippen molar-refractivity contribution in [1.82, 2.24) is 19.6 Å². The van der Waals surface area contributed by atoms with E-state index in [1.807, 2.05) is 25.1 Å². The van der Waals surface area contributed by atoms with Gasteiger partial charge in [0.15, 0.2) is 0 Å². The highest BCUT2D eigenvalue weighted by Gasteiger charge is 2.31. The van der Waals surface area contributed by atoms with Crippen LogP contribution in [0.4, 0.5) is 0 Å². The Morgan fingerprint density at radius 2 is 2.00 bits per heavy atom. The SMILES string of the molecule is Cc1nn(Cc2ccccc2)c(C)c1[C@@H]1COCCN1CC(=O)N(C)C. The van der Waals surface area contributed by atoms with Gasteiger partial charge >= 0.3 is 0 Å². The lowest BCUT2D eigenvalue weighted by Gasteiger charge is -2.36. The van der Waals surface area contributed by atoms with Gasteiger partial charge in [-0.15, -0.1) is 0 Å². The van der Waals surface area contributed by atoms with Gasteiger partial charge in [-0.3, -0.25) is 14.4 Å². The van der Waals surface area contributed by atoms with E-state index in [4.69, 9.17) is 9.84 Å². The average Bonchev–Trinajstić information content (AvgIpc) is 2.90. The van der Waals surface area contributed by atoms with Gasteiger partial charge in [0.25, 0.3) is 0 Å². The molecule has 0 saturated carbocycles. The molecular formula is C20H28N4O2. The van der Waals surface area contributed by atoms with Crippen LogP contribution in [-0.4, -0.2) is 65.9 Å². The van der Waals surface area contributed by atoms with Crippen LogP contribution in [-0.2, 0) is 16.1 Å². The van der Waals surface area contributed by atoms with E-state index >= 15 is 0 Å². The van der Waals surface area contributed by atoms with Crippen molar-refractivity contribution in [2.24, 2.45) is 0 Å². The number of carbonyl (C=O) groups excluding carboxylic acids is 1. The molecule has 1 aliphatic heterocycles. The van der Waals surface area contributed by atoms with E-state index in [0.717, 1.165) is 24.5 Å². The highest BCUT2D eigenvalue weighted by molar-refractivity contribution is 5.77. The molecule has 26 heavy (non-hydrogen) atoms. The van der Waals surface area contributed by atoms with E-state index in [2.05, 4.69) is 28.6 Å². The molecule has 140 valence electrons. The molecule has 1 fully saturated rings. The molecule has 1 aromatic heterocycles. The smallest absolute Gasteiger partial charge is 0.236 e.